The molecule has 0 saturated carbocycles. The topological polar surface area (TPSA) is 97.6 Å². The fraction of sp³-hybridized carbons (Fsp3) is 0.107. The summed E-state index contributed by atoms with van der Waals surface area (Å²) in [7, 11) is 0. The fourth-order valence-electron chi connectivity index (χ4n) is 4.00. The molecule has 2 N–H and O–H groups in total. The second-order valence-corrected chi connectivity index (χ2v) is 8.69. The standard InChI is InChI=1S/C28H22F3N7O/c1-17-5-6-19(14-24(17)37-27-34-11-9-23(36-27)20-4-3-10-32-16-20)26(39)35-21-7-8-25(22(15-21)28(29,30)31)38-13-12-33-18(38)2/h3-16H,1-2H3,(H,35,39)(H,34,36,37). The van der Waals surface area contributed by atoms with Crippen molar-refractivity contribution in [1.29, 1.82) is 0 Å². The molecule has 11 heteroatoms. The van der Waals surface area contributed by atoms with Crippen molar-refractivity contribution in [2.24, 2.45) is 0 Å². The Morgan fingerprint density at radius 1 is 0.949 bits per heavy atom. The molecule has 0 aliphatic heterocycles. The highest BCUT2D eigenvalue weighted by Crippen LogP contribution is 2.36. The molecule has 5 rings (SSSR count). The van der Waals surface area contributed by atoms with Crippen LogP contribution in [0.2, 0.25) is 0 Å². The second kappa shape index (κ2) is 10.4. The van der Waals surface area contributed by atoms with E-state index in [9.17, 15) is 18.0 Å². The van der Waals surface area contributed by atoms with Gasteiger partial charge in [0.1, 0.15) is 5.82 Å². The Morgan fingerprint density at radius 3 is 2.51 bits per heavy atom. The molecule has 0 aliphatic rings. The van der Waals surface area contributed by atoms with Gasteiger partial charge >= 0.3 is 6.18 Å². The molecule has 0 spiro atoms. The molecule has 5 aromatic rings. The number of rotatable bonds is 6. The van der Waals surface area contributed by atoms with Gasteiger partial charge in [-0.3, -0.25) is 9.78 Å². The summed E-state index contributed by atoms with van der Waals surface area (Å²) in [6.07, 6.45) is 3.21. The fourth-order valence-corrected chi connectivity index (χ4v) is 4.00. The van der Waals surface area contributed by atoms with Gasteiger partial charge < -0.3 is 15.2 Å². The molecule has 0 radical (unpaired) electrons. The number of imidazole rings is 1. The largest absolute Gasteiger partial charge is 0.418 e. The predicted octanol–water partition coefficient (Wildman–Crippen LogP) is 6.36. The number of alkyl halides is 3. The van der Waals surface area contributed by atoms with Gasteiger partial charge in [-0.05, 0) is 67.9 Å². The van der Waals surface area contributed by atoms with Crippen LogP contribution in [0.15, 0.2) is 85.6 Å². The number of amides is 1. The number of carbonyl (C=O) groups is 1. The first-order valence-electron chi connectivity index (χ1n) is 11.8. The van der Waals surface area contributed by atoms with Gasteiger partial charge in [0.15, 0.2) is 0 Å². The lowest BCUT2D eigenvalue weighted by Crippen LogP contribution is -2.15. The number of hydrogen-bond donors (Lipinski definition) is 2. The third kappa shape index (κ3) is 5.61. The molecular formula is C28H22F3N7O. The van der Waals surface area contributed by atoms with Crippen molar-refractivity contribution >= 4 is 23.2 Å². The average molecular weight is 530 g/mol. The molecule has 0 atom stereocenters. The van der Waals surface area contributed by atoms with Crippen LogP contribution in [0.25, 0.3) is 16.9 Å². The van der Waals surface area contributed by atoms with Crippen LogP contribution in [0.1, 0.15) is 27.3 Å². The highest BCUT2D eigenvalue weighted by Gasteiger charge is 2.34. The molecule has 39 heavy (non-hydrogen) atoms. The lowest BCUT2D eigenvalue weighted by molar-refractivity contribution is -0.137. The summed E-state index contributed by atoms with van der Waals surface area (Å²) < 4.78 is 43.0. The molecule has 0 unspecified atom stereocenters. The molecule has 2 aromatic carbocycles. The molecule has 1 amide bonds. The number of pyridine rings is 1. The van der Waals surface area contributed by atoms with Gasteiger partial charge in [0.25, 0.3) is 5.91 Å². The molecule has 0 bridgehead atoms. The van der Waals surface area contributed by atoms with E-state index in [2.05, 4.69) is 30.6 Å². The summed E-state index contributed by atoms with van der Waals surface area (Å²) in [5.74, 6) is 0.159. The van der Waals surface area contributed by atoms with E-state index in [0.29, 0.717) is 23.2 Å². The maximum Gasteiger partial charge on any atom is 0.418 e. The second-order valence-electron chi connectivity index (χ2n) is 8.69. The van der Waals surface area contributed by atoms with Gasteiger partial charge in [0.2, 0.25) is 5.95 Å². The van der Waals surface area contributed by atoms with Gasteiger partial charge in [-0.15, -0.1) is 0 Å². The Morgan fingerprint density at radius 2 is 1.79 bits per heavy atom. The SMILES string of the molecule is Cc1ccc(C(=O)Nc2ccc(-n3ccnc3C)c(C(F)(F)F)c2)cc1Nc1nccc(-c2cccnc2)n1. The molecule has 3 heterocycles. The van der Waals surface area contributed by atoms with E-state index < -0.39 is 17.6 Å². The van der Waals surface area contributed by atoms with Gasteiger partial charge in [0, 0.05) is 53.5 Å². The number of hydrogen-bond acceptors (Lipinski definition) is 6. The van der Waals surface area contributed by atoms with E-state index in [1.54, 1.807) is 55.8 Å². The highest BCUT2D eigenvalue weighted by atomic mass is 19.4. The van der Waals surface area contributed by atoms with E-state index in [1.165, 1.54) is 29.1 Å². The Kier molecular flexibility index (Phi) is 6.80. The maximum atomic E-state index is 13.9. The third-order valence-corrected chi connectivity index (χ3v) is 6.00. The Bertz CT molecular complexity index is 1650. The summed E-state index contributed by atoms with van der Waals surface area (Å²) in [4.78, 5) is 29.9. The quantitative estimate of drug-likeness (QED) is 0.266. The molecule has 0 fully saturated rings. The number of halogens is 3. The lowest BCUT2D eigenvalue weighted by Gasteiger charge is -2.17. The van der Waals surface area contributed by atoms with Crippen molar-refractivity contribution in [3.63, 3.8) is 0 Å². The number of nitrogens with one attached hydrogen (secondary N) is 2. The summed E-state index contributed by atoms with van der Waals surface area (Å²) >= 11 is 0. The Labute approximate surface area is 221 Å². The first-order chi connectivity index (χ1) is 18.7. The molecule has 0 saturated heterocycles. The number of aromatic nitrogens is 5. The number of anilines is 3. The summed E-state index contributed by atoms with van der Waals surface area (Å²) in [5, 5.41) is 5.69. The van der Waals surface area contributed by atoms with Gasteiger partial charge in [0.05, 0.1) is 16.9 Å². The van der Waals surface area contributed by atoms with Crippen LogP contribution in [0, 0.1) is 13.8 Å². The minimum Gasteiger partial charge on any atom is -0.324 e. The van der Waals surface area contributed by atoms with E-state index in [-0.39, 0.29) is 16.9 Å². The van der Waals surface area contributed by atoms with Crippen molar-refractivity contribution < 1.29 is 18.0 Å². The van der Waals surface area contributed by atoms with Crippen molar-refractivity contribution in [2.45, 2.75) is 20.0 Å². The molecule has 8 nitrogen and oxygen atoms in total. The molecular weight excluding hydrogens is 507 g/mol. The van der Waals surface area contributed by atoms with Crippen LogP contribution in [0.4, 0.5) is 30.5 Å². The Balaban J connectivity index is 1.39. The third-order valence-electron chi connectivity index (χ3n) is 6.00. The van der Waals surface area contributed by atoms with Crippen LogP contribution in [0.5, 0.6) is 0 Å². The molecule has 0 aliphatic carbocycles. The van der Waals surface area contributed by atoms with Crippen LogP contribution < -0.4 is 10.6 Å². The number of aryl methyl sites for hydroxylation is 2. The summed E-state index contributed by atoms with van der Waals surface area (Å²) in [6, 6.07) is 14.0. The van der Waals surface area contributed by atoms with E-state index in [4.69, 9.17) is 0 Å². The zero-order chi connectivity index (χ0) is 27.6. The van der Waals surface area contributed by atoms with E-state index in [0.717, 1.165) is 17.2 Å². The van der Waals surface area contributed by atoms with Crippen molar-refractivity contribution in [1.82, 2.24) is 24.5 Å². The number of nitrogens with zero attached hydrogens (tertiary/aromatic N) is 5. The van der Waals surface area contributed by atoms with Crippen LogP contribution in [-0.4, -0.2) is 30.4 Å². The van der Waals surface area contributed by atoms with Crippen LogP contribution in [-0.2, 0) is 6.18 Å². The molecule has 3 aromatic heterocycles. The van der Waals surface area contributed by atoms with Crippen LogP contribution in [0.3, 0.4) is 0 Å². The number of carbonyl (C=O) groups excluding carboxylic acids is 1. The van der Waals surface area contributed by atoms with Crippen molar-refractivity contribution in [3.05, 3.63) is 108 Å². The normalized spacial score (nSPS) is 11.3. The lowest BCUT2D eigenvalue weighted by atomic mass is 10.1. The summed E-state index contributed by atoms with van der Waals surface area (Å²) in [5.41, 5.74) is 2.17. The van der Waals surface area contributed by atoms with Gasteiger partial charge in [-0.1, -0.05) is 6.07 Å². The minimum atomic E-state index is -4.64. The van der Waals surface area contributed by atoms with E-state index >= 15 is 0 Å². The zero-order valence-electron chi connectivity index (χ0n) is 20.9. The monoisotopic (exact) mass is 529 g/mol. The van der Waals surface area contributed by atoms with E-state index in [1.807, 2.05) is 13.0 Å². The summed E-state index contributed by atoms with van der Waals surface area (Å²) in [6.45, 7) is 3.46. The molecule has 196 valence electrons. The van der Waals surface area contributed by atoms with Crippen molar-refractivity contribution in [2.75, 3.05) is 10.6 Å². The maximum absolute atomic E-state index is 13.9. The van der Waals surface area contributed by atoms with Gasteiger partial charge in [-0.25, -0.2) is 15.0 Å². The first-order valence-corrected chi connectivity index (χ1v) is 11.8. The highest BCUT2D eigenvalue weighted by molar-refractivity contribution is 6.05. The average Bonchev–Trinajstić information content (AvgIpc) is 3.35. The van der Waals surface area contributed by atoms with Crippen molar-refractivity contribution in [3.8, 4) is 16.9 Å². The van der Waals surface area contributed by atoms with Crippen LogP contribution >= 0.6 is 0 Å². The van der Waals surface area contributed by atoms with Gasteiger partial charge in [-0.2, -0.15) is 13.2 Å². The number of benzene rings is 2. The Hall–Kier alpha value is -5.06. The minimum absolute atomic E-state index is 0.0106. The first kappa shape index (κ1) is 25.6. The predicted molar refractivity (Wildman–Crippen MR) is 141 cm³/mol. The smallest absolute Gasteiger partial charge is 0.324 e. The zero-order valence-corrected chi connectivity index (χ0v) is 20.9.